The highest BCUT2D eigenvalue weighted by molar-refractivity contribution is 7.58. The van der Waals surface area contributed by atoms with E-state index in [1.54, 1.807) is 12.1 Å². The van der Waals surface area contributed by atoms with Crippen LogP contribution in [0.4, 0.5) is 0 Å². The summed E-state index contributed by atoms with van der Waals surface area (Å²) in [6, 6.07) is 17.2. The van der Waals surface area contributed by atoms with Gasteiger partial charge in [0.1, 0.15) is 12.4 Å². The molecule has 0 saturated carbocycles. The van der Waals surface area contributed by atoms with Crippen molar-refractivity contribution in [1.29, 1.82) is 0 Å². The second kappa shape index (κ2) is 6.77. The standard InChI is InChI=1S/C16H14ClN3OS/c17-13-6-8-14(9-7-13)21-11-15-18-19-16(22)20(15)10-12-4-2-1-3-5-12/h1-9H,10-11H2,(H,19,22)/p-1. The molecule has 1 aromatic heterocycles. The van der Waals surface area contributed by atoms with Crippen molar-refractivity contribution in [2.45, 2.75) is 18.3 Å². The Morgan fingerprint density at radius 1 is 1.00 bits per heavy atom. The lowest BCUT2D eigenvalue weighted by Crippen LogP contribution is -2.09. The van der Waals surface area contributed by atoms with Crippen LogP contribution in [0.3, 0.4) is 0 Å². The van der Waals surface area contributed by atoms with E-state index in [0.29, 0.717) is 29.2 Å². The Morgan fingerprint density at radius 2 is 1.73 bits per heavy atom. The first-order valence-corrected chi connectivity index (χ1v) is 7.52. The number of nitrogens with zero attached hydrogens (tertiary/aromatic N) is 3. The maximum Gasteiger partial charge on any atom is 0.169 e. The van der Waals surface area contributed by atoms with E-state index in [2.05, 4.69) is 10.2 Å². The van der Waals surface area contributed by atoms with E-state index in [4.69, 9.17) is 29.0 Å². The summed E-state index contributed by atoms with van der Waals surface area (Å²) in [6.07, 6.45) is 0. The Kier molecular flexibility index (Phi) is 4.56. The minimum absolute atomic E-state index is 0.304. The summed E-state index contributed by atoms with van der Waals surface area (Å²) in [4.78, 5) is 0. The second-order valence-corrected chi connectivity index (χ2v) is 5.51. The summed E-state index contributed by atoms with van der Waals surface area (Å²) >= 11 is 11.1. The zero-order valence-electron chi connectivity index (χ0n) is 11.6. The molecule has 0 unspecified atom stereocenters. The van der Waals surface area contributed by atoms with Crippen molar-refractivity contribution in [1.82, 2.24) is 14.8 Å². The van der Waals surface area contributed by atoms with E-state index < -0.39 is 0 Å². The molecule has 0 atom stereocenters. The molecule has 4 nitrogen and oxygen atoms in total. The quantitative estimate of drug-likeness (QED) is 0.672. The van der Waals surface area contributed by atoms with Gasteiger partial charge in [-0.3, -0.25) is 0 Å². The summed E-state index contributed by atoms with van der Waals surface area (Å²) in [7, 11) is 0. The molecule has 3 rings (SSSR count). The number of ether oxygens (including phenoxy) is 1. The van der Waals surface area contributed by atoms with Gasteiger partial charge in [0.05, 0.1) is 0 Å². The largest absolute Gasteiger partial charge is 0.740 e. The topological polar surface area (TPSA) is 39.9 Å². The zero-order chi connectivity index (χ0) is 15.4. The monoisotopic (exact) mass is 330 g/mol. The lowest BCUT2D eigenvalue weighted by molar-refractivity contribution is 0.289. The van der Waals surface area contributed by atoms with E-state index in [-0.39, 0.29) is 0 Å². The highest BCUT2D eigenvalue weighted by Crippen LogP contribution is 2.17. The Hall–Kier alpha value is -2.11. The summed E-state index contributed by atoms with van der Waals surface area (Å²) < 4.78 is 7.59. The molecule has 2 aromatic carbocycles. The van der Waals surface area contributed by atoms with Crippen LogP contribution in [0.5, 0.6) is 5.75 Å². The number of hydrogen-bond donors (Lipinski definition) is 0. The van der Waals surface area contributed by atoms with Crippen LogP contribution in [0, 0.1) is 0 Å². The molecule has 1 heterocycles. The number of hydrogen-bond acceptors (Lipinski definition) is 4. The van der Waals surface area contributed by atoms with Crippen LogP contribution in [0.2, 0.25) is 5.02 Å². The van der Waals surface area contributed by atoms with Crippen LogP contribution >= 0.6 is 11.6 Å². The highest BCUT2D eigenvalue weighted by atomic mass is 35.5. The third-order valence-corrected chi connectivity index (χ3v) is 3.71. The van der Waals surface area contributed by atoms with Gasteiger partial charge in [0, 0.05) is 16.7 Å². The van der Waals surface area contributed by atoms with Gasteiger partial charge in [-0.05, 0) is 29.8 Å². The van der Waals surface area contributed by atoms with Crippen LogP contribution in [-0.2, 0) is 25.8 Å². The van der Waals surface area contributed by atoms with E-state index in [0.717, 1.165) is 11.3 Å². The minimum Gasteiger partial charge on any atom is -0.740 e. The van der Waals surface area contributed by atoms with Crippen LogP contribution in [0.1, 0.15) is 11.4 Å². The van der Waals surface area contributed by atoms with E-state index in [1.807, 2.05) is 47.0 Å². The molecule has 112 valence electrons. The molecule has 0 N–H and O–H groups in total. The normalized spacial score (nSPS) is 10.6. The van der Waals surface area contributed by atoms with Gasteiger partial charge in [0.2, 0.25) is 0 Å². The number of halogens is 1. The van der Waals surface area contributed by atoms with Gasteiger partial charge in [-0.15, -0.1) is 5.10 Å². The molecule has 0 fully saturated rings. The Bertz CT molecular complexity index is 744. The van der Waals surface area contributed by atoms with Crippen molar-refractivity contribution in [2.75, 3.05) is 0 Å². The number of rotatable bonds is 5. The number of benzene rings is 2. The highest BCUT2D eigenvalue weighted by Gasteiger charge is 2.07. The third kappa shape index (κ3) is 3.55. The summed E-state index contributed by atoms with van der Waals surface area (Å²) in [5.74, 6) is 1.42. The molecular formula is C16H13ClN3OS-. The van der Waals surface area contributed by atoms with E-state index in [9.17, 15) is 0 Å². The first kappa shape index (κ1) is 14.8. The molecule has 6 heteroatoms. The summed E-state index contributed by atoms with van der Waals surface area (Å²) in [6.45, 7) is 0.935. The average Bonchev–Trinajstić information content (AvgIpc) is 2.88. The van der Waals surface area contributed by atoms with Gasteiger partial charge in [0.15, 0.2) is 5.82 Å². The smallest absolute Gasteiger partial charge is 0.169 e. The van der Waals surface area contributed by atoms with Gasteiger partial charge in [-0.1, -0.05) is 41.9 Å². The van der Waals surface area contributed by atoms with Crippen molar-refractivity contribution in [2.24, 2.45) is 0 Å². The molecule has 0 spiro atoms. The van der Waals surface area contributed by atoms with Crippen LogP contribution in [0.25, 0.3) is 0 Å². The molecule has 0 aliphatic heterocycles. The van der Waals surface area contributed by atoms with Crippen molar-refractivity contribution in [3.63, 3.8) is 0 Å². The van der Waals surface area contributed by atoms with E-state index in [1.165, 1.54) is 0 Å². The van der Waals surface area contributed by atoms with Gasteiger partial charge in [-0.25, -0.2) is 0 Å². The fourth-order valence-electron chi connectivity index (χ4n) is 2.03. The molecule has 0 saturated heterocycles. The maximum absolute atomic E-state index is 5.85. The third-order valence-electron chi connectivity index (χ3n) is 3.16. The summed E-state index contributed by atoms with van der Waals surface area (Å²) in [5, 5.41) is 9.20. The van der Waals surface area contributed by atoms with Gasteiger partial charge in [0.25, 0.3) is 0 Å². The Labute approximate surface area is 139 Å². The molecular weight excluding hydrogens is 318 g/mol. The lowest BCUT2D eigenvalue weighted by Gasteiger charge is -2.13. The van der Waals surface area contributed by atoms with Crippen LogP contribution in [0.15, 0.2) is 59.8 Å². The van der Waals surface area contributed by atoms with Gasteiger partial charge < -0.3 is 21.9 Å². The van der Waals surface area contributed by atoms with E-state index >= 15 is 0 Å². The zero-order valence-corrected chi connectivity index (χ0v) is 13.2. The first-order valence-electron chi connectivity index (χ1n) is 6.74. The predicted octanol–water partition coefficient (Wildman–Crippen LogP) is 3.46. The summed E-state index contributed by atoms with van der Waals surface area (Å²) in [5.41, 5.74) is 1.14. The number of aromatic nitrogens is 3. The lowest BCUT2D eigenvalue weighted by atomic mass is 10.2. The minimum atomic E-state index is 0.304. The molecule has 3 aromatic rings. The van der Waals surface area contributed by atoms with Crippen molar-refractivity contribution >= 4 is 24.2 Å². The van der Waals surface area contributed by atoms with Crippen LogP contribution < -0.4 is 4.74 Å². The molecule has 0 aliphatic rings. The fourth-order valence-corrected chi connectivity index (χ4v) is 2.37. The van der Waals surface area contributed by atoms with Crippen molar-refractivity contribution < 1.29 is 4.74 Å². The average molecular weight is 331 g/mol. The fraction of sp³-hybridized carbons (Fsp3) is 0.125. The maximum atomic E-state index is 5.85. The molecule has 0 bridgehead atoms. The predicted molar refractivity (Wildman–Crippen MR) is 87.0 cm³/mol. The van der Waals surface area contributed by atoms with Crippen molar-refractivity contribution in [3.8, 4) is 5.75 Å². The first-order chi connectivity index (χ1) is 10.7. The molecule has 0 amide bonds. The van der Waals surface area contributed by atoms with Gasteiger partial charge >= 0.3 is 0 Å². The molecule has 0 radical (unpaired) electrons. The Morgan fingerprint density at radius 3 is 2.45 bits per heavy atom. The van der Waals surface area contributed by atoms with Gasteiger partial charge in [-0.2, -0.15) is 5.10 Å². The van der Waals surface area contributed by atoms with Crippen molar-refractivity contribution in [3.05, 3.63) is 71.0 Å². The molecule has 22 heavy (non-hydrogen) atoms. The van der Waals surface area contributed by atoms with Crippen LogP contribution in [-0.4, -0.2) is 14.8 Å². The second-order valence-electron chi connectivity index (χ2n) is 4.71. The molecule has 0 aliphatic carbocycles. The SMILES string of the molecule is [S-]c1nnc(COc2ccc(Cl)cc2)n1Cc1ccccc1. The Balaban J connectivity index is 1.73.